The van der Waals surface area contributed by atoms with Crippen molar-refractivity contribution in [1.29, 1.82) is 0 Å². The molecule has 1 saturated heterocycles. The molecule has 1 aromatic rings. The Labute approximate surface area is 89.1 Å². The van der Waals surface area contributed by atoms with Crippen LogP contribution in [0.3, 0.4) is 0 Å². The summed E-state index contributed by atoms with van der Waals surface area (Å²) in [7, 11) is 1.85. The number of nitrogens with two attached hydrogens (primary N) is 1. The minimum atomic E-state index is 0.231. The molecule has 1 fully saturated rings. The Morgan fingerprint density at radius 3 is 2.93 bits per heavy atom. The molecule has 1 aliphatic rings. The van der Waals surface area contributed by atoms with E-state index in [1.807, 2.05) is 25.4 Å². The molecular weight excluding hydrogens is 190 g/mol. The fraction of sp³-hybridized carbons (Fsp3) is 0.455. The van der Waals surface area contributed by atoms with Crippen LogP contribution >= 0.6 is 0 Å². The number of likely N-dealkylation sites (tertiary alicyclic amines) is 1. The lowest BCUT2D eigenvalue weighted by Crippen LogP contribution is -2.35. The molecule has 0 aliphatic carbocycles. The minimum absolute atomic E-state index is 0.231. The van der Waals surface area contributed by atoms with E-state index in [9.17, 15) is 4.79 Å². The number of hydrogen-bond acceptors (Lipinski definition) is 3. The maximum atomic E-state index is 11.3. The quantitative estimate of drug-likeness (QED) is 0.744. The topological polar surface area (TPSA) is 59.2 Å². The molecule has 4 heteroatoms. The van der Waals surface area contributed by atoms with Crippen molar-refractivity contribution in [3.05, 3.63) is 23.9 Å². The zero-order valence-electron chi connectivity index (χ0n) is 8.81. The van der Waals surface area contributed by atoms with Crippen molar-refractivity contribution in [1.82, 2.24) is 9.88 Å². The summed E-state index contributed by atoms with van der Waals surface area (Å²) in [6, 6.07) is 3.81. The van der Waals surface area contributed by atoms with Crippen LogP contribution in [0.1, 0.15) is 24.3 Å². The summed E-state index contributed by atoms with van der Waals surface area (Å²) in [5.41, 5.74) is 6.70. The van der Waals surface area contributed by atoms with E-state index in [2.05, 4.69) is 4.98 Å². The predicted octanol–water partition coefficient (Wildman–Crippen LogP) is 1.000. The molecule has 0 spiro atoms. The third-order valence-electron chi connectivity index (χ3n) is 2.91. The average molecular weight is 205 g/mol. The number of nitrogen functional groups attached to an aromatic ring is 1. The summed E-state index contributed by atoms with van der Waals surface area (Å²) < 4.78 is 0. The number of piperidine rings is 1. The molecular formula is C11H15N3O. The predicted molar refractivity (Wildman–Crippen MR) is 58.3 cm³/mol. The third kappa shape index (κ3) is 2.09. The second kappa shape index (κ2) is 3.88. The normalized spacial score (nSPS) is 21.8. The molecule has 1 aliphatic heterocycles. The number of hydrogen-bond donors (Lipinski definition) is 1. The summed E-state index contributed by atoms with van der Waals surface area (Å²) in [6.45, 7) is 0.782. The molecule has 4 nitrogen and oxygen atoms in total. The molecule has 1 aromatic heterocycles. The number of rotatable bonds is 1. The van der Waals surface area contributed by atoms with Crippen LogP contribution in [0.15, 0.2) is 18.3 Å². The molecule has 80 valence electrons. The monoisotopic (exact) mass is 205 g/mol. The summed E-state index contributed by atoms with van der Waals surface area (Å²) in [5.74, 6) is 1.18. The van der Waals surface area contributed by atoms with Gasteiger partial charge in [-0.05, 0) is 18.1 Å². The van der Waals surface area contributed by atoms with Gasteiger partial charge in [0.15, 0.2) is 0 Å². The molecule has 2 rings (SSSR count). The molecule has 0 aromatic carbocycles. The fourth-order valence-corrected chi connectivity index (χ4v) is 1.94. The van der Waals surface area contributed by atoms with Gasteiger partial charge in [0.1, 0.15) is 5.82 Å². The number of carbonyl (C=O) groups excluding carboxylic acids is 1. The molecule has 1 unspecified atom stereocenters. The van der Waals surface area contributed by atoms with Gasteiger partial charge in [-0.15, -0.1) is 0 Å². The van der Waals surface area contributed by atoms with Gasteiger partial charge in [0.25, 0.3) is 0 Å². The Balaban J connectivity index is 2.12. The molecule has 15 heavy (non-hydrogen) atoms. The SMILES string of the molecule is CN1CC(c2ccc(N)nc2)CCC1=O. The number of carbonyl (C=O) groups is 1. The molecule has 0 saturated carbocycles. The van der Waals surface area contributed by atoms with E-state index in [1.54, 1.807) is 4.90 Å². The van der Waals surface area contributed by atoms with E-state index >= 15 is 0 Å². The molecule has 1 atom stereocenters. The number of likely N-dealkylation sites (N-methyl/N-ethyl adjacent to an activating group) is 1. The van der Waals surface area contributed by atoms with E-state index in [-0.39, 0.29) is 5.91 Å². The van der Waals surface area contributed by atoms with Crippen molar-refractivity contribution in [3.63, 3.8) is 0 Å². The molecule has 0 bridgehead atoms. The first-order valence-corrected chi connectivity index (χ1v) is 5.12. The lowest BCUT2D eigenvalue weighted by atomic mass is 9.92. The highest BCUT2D eigenvalue weighted by Crippen LogP contribution is 2.26. The van der Waals surface area contributed by atoms with Crippen molar-refractivity contribution < 1.29 is 4.79 Å². The lowest BCUT2D eigenvalue weighted by molar-refractivity contribution is -0.132. The van der Waals surface area contributed by atoms with Gasteiger partial charge < -0.3 is 10.6 Å². The van der Waals surface area contributed by atoms with Gasteiger partial charge >= 0.3 is 0 Å². The maximum Gasteiger partial charge on any atom is 0.222 e. The first kappa shape index (κ1) is 9.96. The van der Waals surface area contributed by atoms with Crippen molar-refractivity contribution in [2.24, 2.45) is 0 Å². The van der Waals surface area contributed by atoms with Gasteiger partial charge in [0.2, 0.25) is 5.91 Å². The summed E-state index contributed by atoms with van der Waals surface area (Å²) >= 11 is 0. The van der Waals surface area contributed by atoms with Gasteiger partial charge in [0.05, 0.1) is 0 Å². The summed E-state index contributed by atoms with van der Waals surface area (Å²) in [4.78, 5) is 17.2. The van der Waals surface area contributed by atoms with Crippen LogP contribution < -0.4 is 5.73 Å². The van der Waals surface area contributed by atoms with Crippen LogP contribution in [0.5, 0.6) is 0 Å². The maximum absolute atomic E-state index is 11.3. The first-order chi connectivity index (χ1) is 7.16. The van der Waals surface area contributed by atoms with E-state index in [1.165, 1.54) is 5.56 Å². The van der Waals surface area contributed by atoms with E-state index < -0.39 is 0 Å². The highest BCUT2D eigenvalue weighted by molar-refractivity contribution is 5.76. The standard InChI is InChI=1S/C11H15N3O/c1-14-7-9(3-5-11(14)15)8-2-4-10(12)13-6-8/h2,4,6,9H,3,5,7H2,1H3,(H2,12,13). The van der Waals surface area contributed by atoms with E-state index in [4.69, 9.17) is 5.73 Å². The zero-order valence-corrected chi connectivity index (χ0v) is 8.81. The Morgan fingerprint density at radius 2 is 2.33 bits per heavy atom. The van der Waals surface area contributed by atoms with Crippen LogP contribution in [-0.2, 0) is 4.79 Å². The molecule has 2 heterocycles. The number of anilines is 1. The molecule has 2 N–H and O–H groups in total. The number of amides is 1. The summed E-state index contributed by atoms with van der Waals surface area (Å²) in [6.07, 6.45) is 3.35. The van der Waals surface area contributed by atoms with Gasteiger partial charge in [-0.1, -0.05) is 6.07 Å². The van der Waals surface area contributed by atoms with E-state index in [0.29, 0.717) is 18.2 Å². The van der Waals surface area contributed by atoms with Crippen molar-refractivity contribution in [2.75, 3.05) is 19.3 Å². The van der Waals surface area contributed by atoms with Crippen molar-refractivity contribution >= 4 is 11.7 Å². The minimum Gasteiger partial charge on any atom is -0.384 e. The molecule has 1 amide bonds. The van der Waals surface area contributed by atoms with Crippen LogP contribution in [0.4, 0.5) is 5.82 Å². The van der Waals surface area contributed by atoms with Crippen LogP contribution in [0, 0.1) is 0 Å². The Hall–Kier alpha value is -1.58. The van der Waals surface area contributed by atoms with Crippen LogP contribution in [0.25, 0.3) is 0 Å². The number of aromatic nitrogens is 1. The van der Waals surface area contributed by atoms with Gasteiger partial charge in [0, 0.05) is 32.1 Å². The van der Waals surface area contributed by atoms with Gasteiger partial charge in [-0.2, -0.15) is 0 Å². The number of pyridine rings is 1. The Kier molecular flexibility index (Phi) is 2.58. The highest BCUT2D eigenvalue weighted by atomic mass is 16.2. The fourth-order valence-electron chi connectivity index (χ4n) is 1.94. The lowest BCUT2D eigenvalue weighted by Gasteiger charge is -2.29. The van der Waals surface area contributed by atoms with E-state index in [0.717, 1.165) is 13.0 Å². The second-order valence-corrected chi connectivity index (χ2v) is 4.03. The average Bonchev–Trinajstić information content (AvgIpc) is 2.23. The van der Waals surface area contributed by atoms with Gasteiger partial charge in [-0.25, -0.2) is 4.98 Å². The molecule has 0 radical (unpaired) electrons. The smallest absolute Gasteiger partial charge is 0.222 e. The Morgan fingerprint density at radius 1 is 1.53 bits per heavy atom. The first-order valence-electron chi connectivity index (χ1n) is 5.12. The van der Waals surface area contributed by atoms with Crippen molar-refractivity contribution in [2.45, 2.75) is 18.8 Å². The highest BCUT2D eigenvalue weighted by Gasteiger charge is 2.23. The second-order valence-electron chi connectivity index (χ2n) is 4.03. The zero-order chi connectivity index (χ0) is 10.8. The van der Waals surface area contributed by atoms with Crippen LogP contribution in [-0.4, -0.2) is 29.4 Å². The van der Waals surface area contributed by atoms with Crippen molar-refractivity contribution in [3.8, 4) is 0 Å². The van der Waals surface area contributed by atoms with Gasteiger partial charge in [-0.3, -0.25) is 4.79 Å². The Bertz CT molecular complexity index is 361. The summed E-state index contributed by atoms with van der Waals surface area (Å²) in [5, 5.41) is 0. The van der Waals surface area contributed by atoms with Crippen LogP contribution in [0.2, 0.25) is 0 Å². The number of nitrogens with zero attached hydrogens (tertiary/aromatic N) is 2. The third-order valence-corrected chi connectivity index (χ3v) is 2.91. The largest absolute Gasteiger partial charge is 0.384 e.